The molecule has 2 fully saturated rings. The number of rotatable bonds is 5. The van der Waals surface area contributed by atoms with Gasteiger partial charge in [0.1, 0.15) is 5.82 Å². The van der Waals surface area contributed by atoms with Crippen LogP contribution < -0.4 is 0 Å². The highest BCUT2D eigenvalue weighted by Crippen LogP contribution is 2.48. The van der Waals surface area contributed by atoms with Crippen LogP contribution in [-0.4, -0.2) is 46.4 Å². The minimum absolute atomic E-state index is 0.164. The second-order valence-electron chi connectivity index (χ2n) is 12.2. The lowest BCUT2D eigenvalue weighted by atomic mass is 9.73. The zero-order chi connectivity index (χ0) is 27.0. The maximum atomic E-state index is 14.3. The number of aromatic nitrogens is 1. The van der Waals surface area contributed by atoms with Crippen molar-refractivity contribution in [2.45, 2.75) is 70.9 Å². The van der Waals surface area contributed by atoms with E-state index in [1.165, 1.54) is 16.7 Å². The summed E-state index contributed by atoms with van der Waals surface area (Å²) < 4.78 is 13.4. The van der Waals surface area contributed by atoms with E-state index in [2.05, 4.69) is 46.8 Å². The summed E-state index contributed by atoms with van der Waals surface area (Å²) in [5.41, 5.74) is 5.68. The van der Waals surface area contributed by atoms with Crippen LogP contribution in [0.5, 0.6) is 0 Å². The van der Waals surface area contributed by atoms with Gasteiger partial charge in [-0.25, -0.2) is 4.39 Å². The van der Waals surface area contributed by atoms with Crippen molar-refractivity contribution in [2.75, 3.05) is 19.6 Å². The zero-order valence-corrected chi connectivity index (χ0v) is 23.3. The van der Waals surface area contributed by atoms with Gasteiger partial charge in [-0.1, -0.05) is 44.2 Å². The molecule has 2 aliphatic heterocycles. The van der Waals surface area contributed by atoms with Gasteiger partial charge in [0, 0.05) is 30.9 Å². The molecule has 4 nitrogen and oxygen atoms in total. The smallest absolute Gasteiger partial charge is 0.229 e. The van der Waals surface area contributed by atoms with Crippen LogP contribution in [0.2, 0.25) is 0 Å². The maximum Gasteiger partial charge on any atom is 0.229 e. The highest BCUT2D eigenvalue weighted by atomic mass is 19.1. The predicted octanol–water partition coefficient (Wildman–Crippen LogP) is 6.85. The van der Waals surface area contributed by atoms with E-state index < -0.39 is 0 Å². The molecule has 0 spiro atoms. The molecule has 1 amide bonds. The van der Waals surface area contributed by atoms with Crippen LogP contribution in [0.4, 0.5) is 4.39 Å². The van der Waals surface area contributed by atoms with E-state index in [0.29, 0.717) is 30.3 Å². The standard InChI is InChI=1S/C34H40FN3O/c1-24(2)34(16-12-31(22-34)37-18-13-27(14-19-37)25-8-10-30(35)11-9-25)33(39)38-20-15-26-6-7-28(21-29(26)23-38)32-5-3-4-17-36-32/h3-11,17,21,24,27,31H,12-16,18-20,22-23H2,1-2H3/t31?,34-/m0/s1. The number of hydrogen-bond donors (Lipinski definition) is 0. The lowest BCUT2D eigenvalue weighted by Crippen LogP contribution is -2.48. The van der Waals surface area contributed by atoms with E-state index in [4.69, 9.17) is 0 Å². The van der Waals surface area contributed by atoms with E-state index in [1.807, 2.05) is 36.5 Å². The number of carbonyl (C=O) groups excluding carboxylic acids is 1. The Hall–Kier alpha value is -3.05. The minimum atomic E-state index is -0.283. The largest absolute Gasteiger partial charge is 0.338 e. The van der Waals surface area contributed by atoms with Gasteiger partial charge in [0.15, 0.2) is 0 Å². The number of benzene rings is 2. The van der Waals surface area contributed by atoms with Crippen molar-refractivity contribution in [1.29, 1.82) is 0 Å². The molecule has 39 heavy (non-hydrogen) atoms. The van der Waals surface area contributed by atoms with Crippen molar-refractivity contribution < 1.29 is 9.18 Å². The Morgan fingerprint density at radius 3 is 2.49 bits per heavy atom. The van der Waals surface area contributed by atoms with E-state index in [9.17, 15) is 9.18 Å². The minimum Gasteiger partial charge on any atom is -0.338 e. The third-order valence-electron chi connectivity index (χ3n) is 9.91. The fraction of sp³-hybridized carbons (Fsp3) is 0.471. The normalized spacial score (nSPS) is 24.2. The molecule has 3 aromatic rings. The van der Waals surface area contributed by atoms with Gasteiger partial charge in [-0.2, -0.15) is 0 Å². The van der Waals surface area contributed by atoms with E-state index >= 15 is 0 Å². The molecule has 3 aliphatic rings. The van der Waals surface area contributed by atoms with Crippen molar-refractivity contribution in [2.24, 2.45) is 11.3 Å². The summed E-state index contributed by atoms with van der Waals surface area (Å²) >= 11 is 0. The average Bonchev–Trinajstić information content (AvgIpc) is 3.44. The summed E-state index contributed by atoms with van der Waals surface area (Å²) in [6.07, 6.45) is 7.99. The number of halogens is 1. The van der Waals surface area contributed by atoms with Crippen molar-refractivity contribution in [1.82, 2.24) is 14.8 Å². The summed E-state index contributed by atoms with van der Waals surface area (Å²) in [5.74, 6) is 1.01. The number of nitrogens with zero attached hydrogens (tertiary/aromatic N) is 3. The van der Waals surface area contributed by atoms with Crippen molar-refractivity contribution >= 4 is 5.91 Å². The Balaban J connectivity index is 1.13. The second-order valence-corrected chi connectivity index (χ2v) is 12.2. The fourth-order valence-corrected chi connectivity index (χ4v) is 7.40. The van der Waals surface area contributed by atoms with E-state index in [1.54, 1.807) is 12.1 Å². The van der Waals surface area contributed by atoms with Gasteiger partial charge in [-0.3, -0.25) is 9.78 Å². The van der Waals surface area contributed by atoms with E-state index in [-0.39, 0.29) is 11.2 Å². The fourth-order valence-electron chi connectivity index (χ4n) is 7.40. The number of pyridine rings is 1. The van der Waals surface area contributed by atoms with Crippen LogP contribution in [-0.2, 0) is 17.8 Å². The first-order valence-corrected chi connectivity index (χ1v) is 14.7. The van der Waals surface area contributed by atoms with Gasteiger partial charge >= 0.3 is 0 Å². The molecule has 6 rings (SSSR count). The molecule has 0 bridgehead atoms. The van der Waals surface area contributed by atoms with Gasteiger partial charge in [-0.05, 0) is 110 Å². The molecule has 1 aliphatic carbocycles. The maximum absolute atomic E-state index is 14.3. The van der Waals surface area contributed by atoms with Crippen LogP contribution in [0.25, 0.3) is 11.3 Å². The Bertz CT molecular complexity index is 1300. The summed E-state index contributed by atoms with van der Waals surface area (Å²) in [6, 6.07) is 20.2. The third-order valence-corrected chi connectivity index (χ3v) is 9.91. The molecule has 3 heterocycles. The number of carbonyl (C=O) groups is 1. The second kappa shape index (κ2) is 10.8. The van der Waals surface area contributed by atoms with Gasteiger partial charge in [0.05, 0.1) is 11.1 Å². The molecule has 2 atom stereocenters. The molecule has 1 aromatic heterocycles. The Kier molecular flexibility index (Phi) is 7.28. The molecule has 204 valence electrons. The molecule has 2 aromatic carbocycles. The first kappa shape index (κ1) is 26.2. The first-order chi connectivity index (χ1) is 18.9. The Morgan fingerprint density at radius 1 is 0.974 bits per heavy atom. The quantitative estimate of drug-likeness (QED) is 0.366. The van der Waals surface area contributed by atoms with Crippen LogP contribution >= 0.6 is 0 Å². The van der Waals surface area contributed by atoms with Crippen LogP contribution in [0, 0.1) is 17.2 Å². The van der Waals surface area contributed by atoms with Gasteiger partial charge in [-0.15, -0.1) is 0 Å². The number of amides is 1. The summed E-state index contributed by atoms with van der Waals surface area (Å²) in [5, 5.41) is 0. The monoisotopic (exact) mass is 525 g/mol. The predicted molar refractivity (Wildman–Crippen MR) is 154 cm³/mol. The third kappa shape index (κ3) is 5.14. The SMILES string of the molecule is CC(C)[C@]1(C(=O)N2CCc3ccc(-c4ccccn4)cc3C2)CCC(N2CCC(c3ccc(F)cc3)CC2)C1. The van der Waals surface area contributed by atoms with Crippen LogP contribution in [0.3, 0.4) is 0 Å². The van der Waals surface area contributed by atoms with Gasteiger partial charge < -0.3 is 9.80 Å². The van der Waals surface area contributed by atoms with Crippen molar-refractivity contribution in [3.8, 4) is 11.3 Å². The first-order valence-electron chi connectivity index (χ1n) is 14.7. The van der Waals surface area contributed by atoms with Gasteiger partial charge in [0.2, 0.25) is 5.91 Å². The Morgan fingerprint density at radius 2 is 1.77 bits per heavy atom. The van der Waals surface area contributed by atoms with Crippen LogP contribution in [0.15, 0.2) is 66.9 Å². The molecule has 5 heteroatoms. The molecule has 1 unspecified atom stereocenters. The molecule has 1 saturated heterocycles. The molecule has 1 saturated carbocycles. The van der Waals surface area contributed by atoms with Crippen molar-refractivity contribution in [3.63, 3.8) is 0 Å². The van der Waals surface area contributed by atoms with Crippen molar-refractivity contribution in [3.05, 3.63) is 89.4 Å². The van der Waals surface area contributed by atoms with E-state index in [0.717, 1.165) is 69.4 Å². The molecule has 0 radical (unpaired) electrons. The van der Waals surface area contributed by atoms with Gasteiger partial charge in [0.25, 0.3) is 0 Å². The highest BCUT2D eigenvalue weighted by Gasteiger charge is 2.50. The number of hydrogen-bond acceptors (Lipinski definition) is 3. The number of likely N-dealkylation sites (tertiary alicyclic amines) is 1. The summed E-state index contributed by atoms with van der Waals surface area (Å²) in [4.78, 5) is 23.6. The molecular formula is C34H40FN3O. The topological polar surface area (TPSA) is 36.4 Å². The summed E-state index contributed by atoms with van der Waals surface area (Å²) in [6.45, 7) is 8.11. The molecular weight excluding hydrogens is 485 g/mol. The zero-order valence-electron chi connectivity index (χ0n) is 23.3. The number of piperidine rings is 1. The number of fused-ring (bicyclic) bond motifs is 1. The lowest BCUT2D eigenvalue weighted by Gasteiger charge is -2.41. The van der Waals surface area contributed by atoms with Crippen LogP contribution in [0.1, 0.15) is 68.6 Å². The highest BCUT2D eigenvalue weighted by molar-refractivity contribution is 5.84. The average molecular weight is 526 g/mol. The lowest BCUT2D eigenvalue weighted by molar-refractivity contribution is -0.146. The summed E-state index contributed by atoms with van der Waals surface area (Å²) in [7, 11) is 0. The Labute approximate surface area is 232 Å². The molecule has 0 N–H and O–H groups in total.